The lowest BCUT2D eigenvalue weighted by molar-refractivity contribution is 0.350. The van der Waals surface area contributed by atoms with Crippen molar-refractivity contribution in [2.75, 3.05) is 18.0 Å². The Labute approximate surface area is 200 Å². The Morgan fingerprint density at radius 1 is 1.24 bits per heavy atom. The van der Waals surface area contributed by atoms with Gasteiger partial charge in [-0.15, -0.1) is 21.5 Å². The molecule has 4 aromatic rings. The Kier molecular flexibility index (Phi) is 6.05. The van der Waals surface area contributed by atoms with Crippen molar-refractivity contribution in [2.45, 2.75) is 51.6 Å². The maximum Gasteiger partial charge on any atom is 0.259 e. The van der Waals surface area contributed by atoms with Crippen LogP contribution < -0.4 is 10.5 Å². The van der Waals surface area contributed by atoms with Crippen LogP contribution in [0.25, 0.3) is 10.2 Å². The topological polar surface area (TPSA) is 92.8 Å². The van der Waals surface area contributed by atoms with E-state index in [9.17, 15) is 4.79 Å². The molecule has 1 saturated heterocycles. The zero-order valence-electron chi connectivity index (χ0n) is 19.3. The number of hydrogen-bond donors (Lipinski definition) is 1. The summed E-state index contributed by atoms with van der Waals surface area (Å²) in [6.07, 6.45) is 2.92. The molecule has 1 aliphatic heterocycles. The van der Waals surface area contributed by atoms with Gasteiger partial charge in [-0.05, 0) is 49.8 Å². The lowest BCUT2D eigenvalue weighted by Crippen LogP contribution is -2.40. The summed E-state index contributed by atoms with van der Waals surface area (Å²) in [6.45, 7) is 11.1. The molecular weight excluding hydrogens is 456 g/mol. The monoisotopic (exact) mass is 484 g/mol. The van der Waals surface area contributed by atoms with Gasteiger partial charge in [0.1, 0.15) is 16.4 Å². The number of fused-ring (bicyclic) bond motifs is 1. The van der Waals surface area contributed by atoms with Gasteiger partial charge >= 0.3 is 0 Å². The first kappa shape index (κ1) is 22.2. The van der Waals surface area contributed by atoms with Gasteiger partial charge in [0.25, 0.3) is 5.56 Å². The predicted molar refractivity (Wildman–Crippen MR) is 132 cm³/mol. The second kappa shape index (κ2) is 8.98. The quantitative estimate of drug-likeness (QED) is 0.400. The molecule has 174 valence electrons. The third-order valence-electron chi connectivity index (χ3n) is 6.17. The number of thiophene rings is 1. The summed E-state index contributed by atoms with van der Waals surface area (Å²) in [4.78, 5) is 24.6. The highest BCUT2D eigenvalue weighted by Gasteiger charge is 2.27. The van der Waals surface area contributed by atoms with Crippen molar-refractivity contribution in [3.8, 4) is 0 Å². The van der Waals surface area contributed by atoms with Crippen LogP contribution in [0, 0.1) is 25.7 Å². The van der Waals surface area contributed by atoms with E-state index in [4.69, 9.17) is 9.40 Å². The number of rotatable bonds is 6. The minimum Gasteiger partial charge on any atom is -0.467 e. The molecule has 2 atom stereocenters. The number of H-pyrrole nitrogens is 1. The number of piperidine rings is 1. The molecule has 0 aromatic carbocycles. The summed E-state index contributed by atoms with van der Waals surface area (Å²) in [5.41, 5.74) is 0.933. The third kappa shape index (κ3) is 4.46. The fraction of sp³-hybridized carbons (Fsp3) is 0.478. The molecule has 1 aliphatic rings. The first-order chi connectivity index (χ1) is 15.9. The van der Waals surface area contributed by atoms with Crippen molar-refractivity contribution in [3.63, 3.8) is 0 Å². The van der Waals surface area contributed by atoms with Crippen LogP contribution in [0.15, 0.2) is 32.8 Å². The van der Waals surface area contributed by atoms with Crippen molar-refractivity contribution in [1.29, 1.82) is 0 Å². The van der Waals surface area contributed by atoms with E-state index in [-0.39, 0.29) is 5.56 Å². The van der Waals surface area contributed by atoms with Gasteiger partial charge < -0.3 is 14.3 Å². The van der Waals surface area contributed by atoms with Crippen LogP contribution in [0.4, 0.5) is 5.95 Å². The summed E-state index contributed by atoms with van der Waals surface area (Å²) in [7, 11) is 0. The number of nitrogens with zero attached hydrogens (tertiary/aromatic N) is 5. The number of aryl methyl sites for hydroxylation is 2. The van der Waals surface area contributed by atoms with Crippen LogP contribution in [-0.4, -0.2) is 37.8 Å². The SMILES string of the molecule is Cc1sc2nc(CSc3nnc(N4CC(C)CC(C)C4)n3Cc3ccco3)[nH]c(=O)c2c1C. The summed E-state index contributed by atoms with van der Waals surface area (Å²) < 4.78 is 7.74. The Morgan fingerprint density at radius 2 is 2.03 bits per heavy atom. The van der Waals surface area contributed by atoms with Gasteiger partial charge in [-0.2, -0.15) is 0 Å². The number of hydrogen-bond acceptors (Lipinski definition) is 8. The maximum atomic E-state index is 12.6. The van der Waals surface area contributed by atoms with E-state index in [1.54, 1.807) is 17.6 Å². The smallest absolute Gasteiger partial charge is 0.259 e. The number of anilines is 1. The molecule has 33 heavy (non-hydrogen) atoms. The Hall–Kier alpha value is -2.59. The van der Waals surface area contributed by atoms with E-state index in [0.717, 1.165) is 45.2 Å². The van der Waals surface area contributed by atoms with Gasteiger partial charge in [0.2, 0.25) is 5.95 Å². The molecule has 5 heterocycles. The highest BCUT2D eigenvalue weighted by atomic mass is 32.2. The fourth-order valence-electron chi connectivity index (χ4n) is 4.65. The molecule has 5 rings (SSSR count). The average molecular weight is 485 g/mol. The molecule has 1 fully saturated rings. The van der Waals surface area contributed by atoms with E-state index in [1.807, 2.05) is 26.0 Å². The Balaban J connectivity index is 1.43. The average Bonchev–Trinajstić information content (AvgIpc) is 3.47. The maximum absolute atomic E-state index is 12.6. The van der Waals surface area contributed by atoms with Crippen LogP contribution in [0.5, 0.6) is 0 Å². The van der Waals surface area contributed by atoms with Crippen molar-refractivity contribution in [1.82, 2.24) is 24.7 Å². The Morgan fingerprint density at radius 3 is 2.76 bits per heavy atom. The number of furan rings is 1. The lowest BCUT2D eigenvalue weighted by Gasteiger charge is -2.35. The van der Waals surface area contributed by atoms with Crippen molar-refractivity contribution < 1.29 is 4.42 Å². The largest absolute Gasteiger partial charge is 0.467 e. The first-order valence-electron chi connectivity index (χ1n) is 11.2. The van der Waals surface area contributed by atoms with Gasteiger partial charge in [0.05, 0.1) is 23.9 Å². The standard InChI is InChI=1S/C23H28N6O2S2/c1-13-8-14(2)10-28(9-13)22-26-27-23(29(22)11-17-6-5-7-31-17)32-12-18-24-20(30)19-15(3)16(4)33-21(19)25-18/h5-7,13-14H,8-12H2,1-4H3,(H,24,25,30). The molecule has 10 heteroatoms. The normalized spacial score (nSPS) is 19.0. The zero-order chi connectivity index (χ0) is 23.1. The van der Waals surface area contributed by atoms with Gasteiger partial charge in [0, 0.05) is 18.0 Å². The van der Waals surface area contributed by atoms with Gasteiger partial charge in [0.15, 0.2) is 5.16 Å². The van der Waals surface area contributed by atoms with Crippen molar-refractivity contribution >= 4 is 39.3 Å². The third-order valence-corrected chi connectivity index (χ3v) is 8.25. The zero-order valence-corrected chi connectivity index (χ0v) is 20.9. The number of aromatic nitrogens is 5. The molecule has 0 aliphatic carbocycles. The number of nitrogens with one attached hydrogen (secondary N) is 1. The van der Waals surface area contributed by atoms with E-state index >= 15 is 0 Å². The van der Waals surface area contributed by atoms with Crippen LogP contribution in [0.1, 0.15) is 42.3 Å². The fourth-order valence-corrected chi connectivity index (χ4v) is 6.50. The minimum absolute atomic E-state index is 0.0773. The minimum atomic E-state index is -0.0773. The molecule has 1 N–H and O–H groups in total. The molecule has 8 nitrogen and oxygen atoms in total. The molecule has 0 amide bonds. The predicted octanol–water partition coefficient (Wildman–Crippen LogP) is 4.61. The molecular formula is C23H28N6O2S2. The van der Waals surface area contributed by atoms with Crippen LogP contribution in [0.2, 0.25) is 0 Å². The molecule has 0 radical (unpaired) electrons. The van der Waals surface area contributed by atoms with Crippen molar-refractivity contribution in [3.05, 3.63) is 50.8 Å². The first-order valence-corrected chi connectivity index (χ1v) is 13.0. The molecule has 4 aromatic heterocycles. The summed E-state index contributed by atoms with van der Waals surface area (Å²) in [6, 6.07) is 3.86. The molecule has 2 unspecified atom stereocenters. The van der Waals surface area contributed by atoms with Crippen molar-refractivity contribution in [2.24, 2.45) is 11.8 Å². The second-order valence-corrected chi connectivity index (χ2v) is 11.2. The summed E-state index contributed by atoms with van der Waals surface area (Å²) >= 11 is 3.09. The summed E-state index contributed by atoms with van der Waals surface area (Å²) in [5.74, 6) is 4.09. The lowest BCUT2D eigenvalue weighted by atomic mass is 9.92. The van der Waals surface area contributed by atoms with E-state index in [2.05, 4.69) is 38.5 Å². The van der Waals surface area contributed by atoms with E-state index < -0.39 is 0 Å². The second-order valence-electron chi connectivity index (χ2n) is 9.06. The van der Waals surface area contributed by atoms with Crippen LogP contribution in [0.3, 0.4) is 0 Å². The van der Waals surface area contributed by atoms with Gasteiger partial charge in [-0.3, -0.25) is 9.36 Å². The van der Waals surface area contributed by atoms with Crippen LogP contribution >= 0.6 is 23.1 Å². The van der Waals surface area contributed by atoms with Crippen LogP contribution in [-0.2, 0) is 12.3 Å². The molecule has 0 bridgehead atoms. The highest BCUT2D eigenvalue weighted by molar-refractivity contribution is 7.98. The number of thioether (sulfide) groups is 1. The Bertz CT molecular complexity index is 1310. The van der Waals surface area contributed by atoms with Gasteiger partial charge in [-0.25, -0.2) is 4.98 Å². The van der Waals surface area contributed by atoms with E-state index in [1.165, 1.54) is 18.2 Å². The summed E-state index contributed by atoms with van der Waals surface area (Å²) in [5, 5.41) is 10.6. The number of aromatic amines is 1. The van der Waals surface area contributed by atoms with Gasteiger partial charge in [-0.1, -0.05) is 25.6 Å². The highest BCUT2D eigenvalue weighted by Crippen LogP contribution is 2.31. The molecule has 0 spiro atoms. The van der Waals surface area contributed by atoms with E-state index in [0.29, 0.717) is 35.3 Å². The molecule has 0 saturated carbocycles.